The molecule has 2 heteroatoms. The highest BCUT2D eigenvalue weighted by Crippen LogP contribution is 2.22. The lowest BCUT2D eigenvalue weighted by Crippen LogP contribution is -2.43. The van der Waals surface area contributed by atoms with Gasteiger partial charge in [-0.15, -0.1) is 0 Å². The number of hydrogen-bond donors (Lipinski definition) is 2. The Morgan fingerprint density at radius 3 is 2.47 bits per heavy atom. The highest BCUT2D eigenvalue weighted by Gasteiger charge is 2.24. The molecule has 94 valence electrons. The average Bonchev–Trinajstić information content (AvgIpc) is 2.33. The highest BCUT2D eigenvalue weighted by atomic mass is 16.3. The molecular formula is C15H23NO. The van der Waals surface area contributed by atoms with Crippen molar-refractivity contribution in [3.8, 4) is 0 Å². The van der Waals surface area contributed by atoms with E-state index in [0.29, 0.717) is 6.04 Å². The van der Waals surface area contributed by atoms with Crippen LogP contribution >= 0.6 is 0 Å². The summed E-state index contributed by atoms with van der Waals surface area (Å²) in [6.07, 6.45) is 4.26. The van der Waals surface area contributed by atoms with Crippen molar-refractivity contribution in [1.29, 1.82) is 0 Å². The van der Waals surface area contributed by atoms with Gasteiger partial charge in [-0.1, -0.05) is 42.7 Å². The molecule has 1 aliphatic carbocycles. The Labute approximate surface area is 104 Å². The molecule has 0 radical (unpaired) electrons. The molecule has 1 aromatic rings. The molecule has 0 aromatic heterocycles. The molecule has 1 saturated carbocycles. The third-order valence-corrected chi connectivity index (χ3v) is 3.77. The van der Waals surface area contributed by atoms with E-state index in [1.54, 1.807) is 0 Å². The van der Waals surface area contributed by atoms with Crippen LogP contribution in [0.1, 0.15) is 49.8 Å². The van der Waals surface area contributed by atoms with Gasteiger partial charge in [-0.2, -0.15) is 0 Å². The quantitative estimate of drug-likeness (QED) is 0.841. The molecule has 17 heavy (non-hydrogen) atoms. The smallest absolute Gasteiger partial charge is 0.0693 e. The molecule has 0 saturated heterocycles. The van der Waals surface area contributed by atoms with E-state index in [-0.39, 0.29) is 12.1 Å². The van der Waals surface area contributed by atoms with Gasteiger partial charge in [-0.25, -0.2) is 0 Å². The molecular weight excluding hydrogens is 210 g/mol. The number of hydrogen-bond acceptors (Lipinski definition) is 2. The lowest BCUT2D eigenvalue weighted by molar-refractivity contribution is 0.0860. The second-order valence-electron chi connectivity index (χ2n) is 5.26. The fraction of sp³-hybridized carbons (Fsp3) is 0.600. The van der Waals surface area contributed by atoms with Gasteiger partial charge in [0.05, 0.1) is 6.10 Å². The van der Waals surface area contributed by atoms with E-state index < -0.39 is 0 Å². The lowest BCUT2D eigenvalue weighted by Gasteiger charge is -2.31. The maximum absolute atomic E-state index is 9.95. The minimum absolute atomic E-state index is 0.170. The molecule has 2 nitrogen and oxygen atoms in total. The van der Waals surface area contributed by atoms with Gasteiger partial charge in [-0.05, 0) is 32.3 Å². The van der Waals surface area contributed by atoms with Crippen molar-refractivity contribution in [2.24, 2.45) is 0 Å². The Morgan fingerprint density at radius 1 is 1.18 bits per heavy atom. The number of nitrogens with one attached hydrogen (secondary N) is 1. The van der Waals surface area contributed by atoms with Crippen molar-refractivity contribution in [3.63, 3.8) is 0 Å². The Balaban J connectivity index is 1.95. The molecule has 0 spiro atoms. The van der Waals surface area contributed by atoms with Crippen LogP contribution in [0.15, 0.2) is 24.3 Å². The van der Waals surface area contributed by atoms with Crippen LogP contribution in [0.5, 0.6) is 0 Å². The molecule has 1 aromatic carbocycles. The summed E-state index contributed by atoms with van der Waals surface area (Å²) in [5.74, 6) is 0. The van der Waals surface area contributed by atoms with Crippen LogP contribution in [0.3, 0.4) is 0 Å². The second kappa shape index (κ2) is 5.65. The number of aliphatic hydroxyl groups excluding tert-OH is 1. The molecule has 3 atom stereocenters. The first kappa shape index (κ1) is 12.6. The maximum Gasteiger partial charge on any atom is 0.0693 e. The zero-order valence-corrected chi connectivity index (χ0v) is 10.8. The lowest BCUT2D eigenvalue weighted by atomic mass is 9.91. The first-order chi connectivity index (χ1) is 8.16. The Morgan fingerprint density at radius 2 is 1.82 bits per heavy atom. The maximum atomic E-state index is 9.95. The fourth-order valence-corrected chi connectivity index (χ4v) is 2.58. The molecule has 1 unspecified atom stereocenters. The molecule has 0 bridgehead atoms. The van der Waals surface area contributed by atoms with Crippen molar-refractivity contribution in [2.45, 2.75) is 57.7 Å². The minimum Gasteiger partial charge on any atom is -0.392 e. The molecule has 0 aliphatic heterocycles. The summed E-state index contributed by atoms with van der Waals surface area (Å²) in [4.78, 5) is 0. The molecule has 1 fully saturated rings. The highest BCUT2D eigenvalue weighted by molar-refractivity contribution is 5.23. The normalized spacial score (nSPS) is 26.8. The number of aryl methyl sites for hydroxylation is 1. The van der Waals surface area contributed by atoms with E-state index in [9.17, 15) is 5.11 Å². The second-order valence-corrected chi connectivity index (χ2v) is 5.26. The van der Waals surface area contributed by atoms with Crippen LogP contribution < -0.4 is 5.32 Å². The SMILES string of the molecule is Cc1ccc(C(C)N[C@@H]2CCCC[C@H]2O)cc1. The summed E-state index contributed by atoms with van der Waals surface area (Å²) in [6.45, 7) is 4.28. The van der Waals surface area contributed by atoms with Crippen molar-refractivity contribution < 1.29 is 5.11 Å². The summed E-state index contributed by atoms with van der Waals surface area (Å²) in [6, 6.07) is 9.20. The van der Waals surface area contributed by atoms with Gasteiger partial charge < -0.3 is 10.4 Å². The van der Waals surface area contributed by atoms with Crippen molar-refractivity contribution in [1.82, 2.24) is 5.32 Å². The number of rotatable bonds is 3. The van der Waals surface area contributed by atoms with Gasteiger partial charge in [-0.3, -0.25) is 0 Å². The van der Waals surface area contributed by atoms with E-state index in [4.69, 9.17) is 0 Å². The largest absolute Gasteiger partial charge is 0.392 e. The van der Waals surface area contributed by atoms with Gasteiger partial charge in [0, 0.05) is 12.1 Å². The van der Waals surface area contributed by atoms with Crippen molar-refractivity contribution in [2.75, 3.05) is 0 Å². The molecule has 0 amide bonds. The van der Waals surface area contributed by atoms with Crippen LogP contribution in [-0.2, 0) is 0 Å². The topological polar surface area (TPSA) is 32.3 Å². The Hall–Kier alpha value is -0.860. The summed E-state index contributed by atoms with van der Waals surface area (Å²) in [5, 5.41) is 13.5. The zero-order chi connectivity index (χ0) is 12.3. The van der Waals surface area contributed by atoms with E-state index in [1.165, 1.54) is 17.5 Å². The van der Waals surface area contributed by atoms with Gasteiger partial charge in [0.15, 0.2) is 0 Å². The van der Waals surface area contributed by atoms with Gasteiger partial charge in [0.25, 0.3) is 0 Å². The van der Waals surface area contributed by atoms with Crippen molar-refractivity contribution >= 4 is 0 Å². The minimum atomic E-state index is -0.170. The summed E-state index contributed by atoms with van der Waals surface area (Å²) in [5.41, 5.74) is 2.59. The Bertz CT molecular complexity index is 346. The Kier molecular flexibility index (Phi) is 4.19. The third-order valence-electron chi connectivity index (χ3n) is 3.77. The fourth-order valence-electron chi connectivity index (χ4n) is 2.58. The first-order valence-electron chi connectivity index (χ1n) is 6.67. The van der Waals surface area contributed by atoms with Crippen LogP contribution in [0.4, 0.5) is 0 Å². The van der Waals surface area contributed by atoms with Crippen molar-refractivity contribution in [3.05, 3.63) is 35.4 Å². The van der Waals surface area contributed by atoms with E-state index in [1.807, 2.05) is 0 Å². The van der Waals surface area contributed by atoms with E-state index in [2.05, 4.69) is 43.4 Å². The molecule has 0 heterocycles. The number of benzene rings is 1. The van der Waals surface area contributed by atoms with Crippen LogP contribution in [0.2, 0.25) is 0 Å². The van der Waals surface area contributed by atoms with Gasteiger partial charge in [0.2, 0.25) is 0 Å². The van der Waals surface area contributed by atoms with Gasteiger partial charge in [0.1, 0.15) is 0 Å². The van der Waals surface area contributed by atoms with E-state index >= 15 is 0 Å². The van der Waals surface area contributed by atoms with E-state index in [0.717, 1.165) is 19.3 Å². The molecule has 2 N–H and O–H groups in total. The summed E-state index contributed by atoms with van der Waals surface area (Å²) < 4.78 is 0. The summed E-state index contributed by atoms with van der Waals surface area (Å²) >= 11 is 0. The molecule has 2 rings (SSSR count). The number of aliphatic hydroxyl groups is 1. The van der Waals surface area contributed by atoms with Crippen LogP contribution in [0, 0.1) is 6.92 Å². The zero-order valence-electron chi connectivity index (χ0n) is 10.8. The monoisotopic (exact) mass is 233 g/mol. The van der Waals surface area contributed by atoms with Crippen LogP contribution in [0.25, 0.3) is 0 Å². The standard InChI is InChI=1S/C15H23NO/c1-11-7-9-13(10-8-11)12(2)16-14-5-3-4-6-15(14)17/h7-10,12,14-17H,3-6H2,1-2H3/t12?,14-,15-/m1/s1. The predicted octanol–water partition coefficient (Wildman–Crippen LogP) is 2.95. The molecule has 1 aliphatic rings. The third kappa shape index (κ3) is 3.30. The van der Waals surface area contributed by atoms with Gasteiger partial charge >= 0.3 is 0 Å². The summed E-state index contributed by atoms with van der Waals surface area (Å²) in [7, 11) is 0. The first-order valence-corrected chi connectivity index (χ1v) is 6.67. The predicted molar refractivity (Wildman–Crippen MR) is 71.0 cm³/mol. The van der Waals surface area contributed by atoms with Crippen LogP contribution in [-0.4, -0.2) is 17.3 Å². The average molecular weight is 233 g/mol.